The van der Waals surface area contributed by atoms with E-state index in [0.29, 0.717) is 25.2 Å². The number of carbonyl (C=O) groups is 1. The van der Waals surface area contributed by atoms with Gasteiger partial charge in [0.25, 0.3) is 0 Å². The van der Waals surface area contributed by atoms with E-state index in [9.17, 15) is 76.3 Å². The lowest BCUT2D eigenvalue weighted by atomic mass is 9.33. The lowest BCUT2D eigenvalue weighted by Gasteiger charge is -2.71. The number of rotatable bonds is 13. The Labute approximate surface area is 483 Å². The van der Waals surface area contributed by atoms with Gasteiger partial charge in [-0.25, -0.2) is 0 Å². The Morgan fingerprint density at radius 1 is 0.554 bits per heavy atom. The first kappa shape index (κ1) is 64.3. The van der Waals surface area contributed by atoms with Gasteiger partial charge in [-0.2, -0.15) is 0 Å². The second-order valence-electron chi connectivity index (χ2n) is 28.2. The van der Waals surface area contributed by atoms with Crippen molar-refractivity contribution in [2.75, 3.05) is 26.4 Å². The molecule has 0 unspecified atom stereocenters. The molecule has 10 aliphatic rings. The van der Waals surface area contributed by atoms with E-state index in [1.54, 1.807) is 0 Å². The van der Waals surface area contributed by atoms with Crippen molar-refractivity contribution in [1.29, 1.82) is 0 Å². The quantitative estimate of drug-likeness (QED) is 0.0750. The Hall–Kier alpha value is -1.71. The molecule has 0 bridgehead atoms. The van der Waals surface area contributed by atoms with Gasteiger partial charge in [0.1, 0.15) is 104 Å². The Balaban J connectivity index is 0.779. The number of ether oxygens (including phenoxy) is 10. The van der Waals surface area contributed by atoms with Crippen molar-refractivity contribution in [3.8, 4) is 0 Å². The molecule has 25 heteroatoms. The first-order valence-corrected chi connectivity index (χ1v) is 30.0. The summed E-state index contributed by atoms with van der Waals surface area (Å²) in [7, 11) is 0. The van der Waals surface area contributed by atoms with Crippen molar-refractivity contribution in [3.63, 3.8) is 0 Å². The van der Waals surface area contributed by atoms with Gasteiger partial charge in [0.2, 0.25) is 0 Å². The van der Waals surface area contributed by atoms with Gasteiger partial charge in [-0.3, -0.25) is 4.79 Å². The molecule has 4 saturated carbocycles. The lowest BCUT2D eigenvalue weighted by Crippen LogP contribution is -2.66. The number of allylic oxidation sites excluding steroid dienone is 2. The van der Waals surface area contributed by atoms with E-state index in [1.165, 1.54) is 12.5 Å². The van der Waals surface area contributed by atoms with Gasteiger partial charge in [-0.1, -0.05) is 60.1 Å². The summed E-state index contributed by atoms with van der Waals surface area (Å²) in [6.07, 6.45) is -27.9. The van der Waals surface area contributed by atoms with Gasteiger partial charge in [0.05, 0.1) is 44.1 Å². The molecule has 5 aliphatic heterocycles. The van der Waals surface area contributed by atoms with Crippen LogP contribution in [0.1, 0.15) is 120 Å². The lowest BCUT2D eigenvalue weighted by molar-refractivity contribution is -0.386. The van der Waals surface area contributed by atoms with Crippen LogP contribution in [-0.2, 0) is 52.2 Å². The summed E-state index contributed by atoms with van der Waals surface area (Å²) >= 11 is 0. The molecule has 31 atom stereocenters. The van der Waals surface area contributed by atoms with Gasteiger partial charge in [-0.05, 0) is 116 Å². The number of aliphatic hydroxyl groups excluding tert-OH is 13. The second-order valence-corrected chi connectivity index (χ2v) is 28.2. The zero-order valence-corrected chi connectivity index (χ0v) is 48.8. The van der Waals surface area contributed by atoms with E-state index in [0.717, 1.165) is 44.9 Å². The molecular formula is C58H94O25. The largest absolute Gasteiger partial charge is 0.481 e. The maximum Gasteiger partial charge on any atom is 0.310 e. The summed E-state index contributed by atoms with van der Waals surface area (Å²) in [6, 6.07) is 0. The molecule has 476 valence electrons. The Morgan fingerprint density at radius 3 is 1.84 bits per heavy atom. The molecule has 5 saturated heterocycles. The van der Waals surface area contributed by atoms with Crippen LogP contribution in [0.4, 0.5) is 0 Å². The van der Waals surface area contributed by atoms with Crippen LogP contribution in [0.3, 0.4) is 0 Å². The summed E-state index contributed by atoms with van der Waals surface area (Å²) in [5.41, 5.74) is -0.0882. The maximum absolute atomic E-state index is 13.2. The van der Waals surface area contributed by atoms with Crippen LogP contribution < -0.4 is 0 Å². The summed E-state index contributed by atoms with van der Waals surface area (Å²) < 4.78 is 59.4. The van der Waals surface area contributed by atoms with Crippen molar-refractivity contribution in [3.05, 3.63) is 11.6 Å². The van der Waals surface area contributed by atoms with E-state index in [2.05, 4.69) is 54.5 Å². The zero-order valence-electron chi connectivity index (χ0n) is 48.8. The highest BCUT2D eigenvalue weighted by Gasteiger charge is 2.70. The molecule has 9 fully saturated rings. The first-order chi connectivity index (χ1) is 38.9. The Kier molecular flexibility index (Phi) is 18.3. The Morgan fingerprint density at radius 2 is 1.16 bits per heavy atom. The number of carboxylic acid groups (broad SMARTS) is 1. The number of carboxylic acids is 1. The fourth-order valence-corrected chi connectivity index (χ4v) is 17.5. The van der Waals surface area contributed by atoms with Gasteiger partial charge in [-0.15, -0.1) is 0 Å². The number of aliphatic carboxylic acids is 1. The van der Waals surface area contributed by atoms with E-state index in [4.69, 9.17) is 47.4 Å². The maximum atomic E-state index is 13.2. The van der Waals surface area contributed by atoms with Crippen molar-refractivity contribution in [2.24, 2.45) is 50.2 Å². The Bertz CT molecular complexity index is 2310. The molecule has 0 spiro atoms. The molecule has 5 aliphatic carbocycles. The molecule has 0 aromatic rings. The molecule has 83 heavy (non-hydrogen) atoms. The van der Waals surface area contributed by atoms with Crippen LogP contribution in [0.25, 0.3) is 0 Å². The van der Waals surface area contributed by atoms with Gasteiger partial charge < -0.3 is 119 Å². The predicted molar refractivity (Wildman–Crippen MR) is 282 cm³/mol. The molecular weight excluding hydrogens is 1100 g/mol. The number of hydrogen-bond donors (Lipinski definition) is 14. The van der Waals surface area contributed by atoms with Crippen molar-refractivity contribution in [2.45, 2.75) is 267 Å². The molecule has 0 aromatic carbocycles. The van der Waals surface area contributed by atoms with Crippen LogP contribution in [0.5, 0.6) is 0 Å². The molecule has 14 N–H and O–H groups in total. The summed E-state index contributed by atoms with van der Waals surface area (Å²) in [6.45, 7) is 15.3. The third-order valence-electron chi connectivity index (χ3n) is 22.8. The normalized spacial score (nSPS) is 54.3. The summed E-state index contributed by atoms with van der Waals surface area (Å²) in [5.74, 6) is -0.136. The highest BCUT2D eigenvalue weighted by Crippen LogP contribution is 2.76. The summed E-state index contributed by atoms with van der Waals surface area (Å²) in [4.78, 5) is 13.2. The monoisotopic (exact) mass is 1190 g/mol. The average molecular weight is 1190 g/mol. The molecule has 0 amide bonds. The minimum Gasteiger partial charge on any atom is -0.481 e. The fraction of sp³-hybridized carbons (Fsp3) is 0.948. The summed E-state index contributed by atoms with van der Waals surface area (Å²) in [5, 5.41) is 152. The topological polar surface area (TPSA) is 393 Å². The highest BCUT2D eigenvalue weighted by atomic mass is 16.8. The standard InChI is InChI=1S/C58H94O25/c1-24-34(62)45(82-47-40(68)37(65)30(23-75-47)79-48-42(70)39(67)44(29(21-60)78-48)81-49-41(69)38(66)36(64)28(20-59)77-49)43(71)50(76-24)83-46-35(63)27(61)22-74-51(46)80-33-12-13-55(6)31(54(33,4)5)11-14-57(8)32(55)10-9-25-26-19-53(2,3)15-17-58(26,52(72)73)18-16-56(25,57)7/h9,24,26-51,59-71H,10-23H2,1-8H3,(H,72,73)/t24-,26-,27-,28+,29+,30+,31-,32+,33-,34-,35-,36+,37+,38-,39+,40+,41+,42+,43+,44+,45+,46+,47-,48-,49-,50-,51-,55-,56+,57+,58-/m0/s1. The van der Waals surface area contributed by atoms with E-state index < -0.39 is 184 Å². The second kappa shape index (κ2) is 23.6. The van der Waals surface area contributed by atoms with E-state index >= 15 is 0 Å². The minimum atomic E-state index is -1.98. The van der Waals surface area contributed by atoms with Gasteiger partial charge >= 0.3 is 5.97 Å². The van der Waals surface area contributed by atoms with Gasteiger partial charge in [0, 0.05) is 0 Å². The molecule has 5 heterocycles. The smallest absolute Gasteiger partial charge is 0.310 e. The van der Waals surface area contributed by atoms with Crippen LogP contribution in [-0.4, -0.2) is 251 Å². The van der Waals surface area contributed by atoms with Crippen molar-refractivity contribution < 1.29 is 124 Å². The highest BCUT2D eigenvalue weighted by molar-refractivity contribution is 5.76. The average Bonchev–Trinajstić information content (AvgIpc) is 0.779. The SMILES string of the molecule is C[C@@H]1O[C@@H](O[C@H]2[C@H](O[C@H]3CC[C@]4(C)[C@H]5CC=C6[C@@H]7CC(C)(C)CC[C@]7(C(=O)O)CC[C@@]6(C)[C@]5(C)CC[C@H]4C3(C)C)OC[C@H](O)[C@@H]2O)[C@H](O)[C@H](O[C@@H]2OC[C@@H](O[C@@H]3O[C@H](CO)[C@@H](O[C@@H]4O[C@H](CO)[C@@H](O)[C@H](O)[C@H]4O)[C@H](O)[C@H]3O)[C@@H](O)[C@H]2O)[C@H]1O. The molecule has 0 radical (unpaired) electrons. The van der Waals surface area contributed by atoms with E-state index in [1.807, 2.05) is 0 Å². The fourth-order valence-electron chi connectivity index (χ4n) is 17.5. The number of hydrogen-bond acceptors (Lipinski definition) is 24. The van der Waals surface area contributed by atoms with Crippen LogP contribution >= 0.6 is 0 Å². The van der Waals surface area contributed by atoms with E-state index in [-0.39, 0.29) is 40.1 Å². The zero-order chi connectivity index (χ0) is 60.4. The molecule has 10 rings (SSSR count). The van der Waals surface area contributed by atoms with Crippen molar-refractivity contribution >= 4 is 5.97 Å². The number of aliphatic hydroxyl groups is 13. The minimum absolute atomic E-state index is 0.00231. The van der Waals surface area contributed by atoms with Gasteiger partial charge in [0.15, 0.2) is 31.5 Å². The van der Waals surface area contributed by atoms with Crippen LogP contribution in [0.15, 0.2) is 11.6 Å². The van der Waals surface area contributed by atoms with Crippen LogP contribution in [0, 0.1) is 50.2 Å². The van der Waals surface area contributed by atoms with Crippen LogP contribution in [0.2, 0.25) is 0 Å². The number of fused-ring (bicyclic) bond motifs is 7. The third kappa shape index (κ3) is 10.8. The molecule has 25 nitrogen and oxygen atoms in total. The first-order valence-electron chi connectivity index (χ1n) is 30.0. The van der Waals surface area contributed by atoms with Crippen molar-refractivity contribution in [1.82, 2.24) is 0 Å². The third-order valence-corrected chi connectivity index (χ3v) is 22.8. The predicted octanol–water partition coefficient (Wildman–Crippen LogP) is -1.34. The molecule has 0 aromatic heterocycles.